The Bertz CT molecular complexity index is 1570. The number of carboxylic acid groups (broad SMARTS) is 1. The van der Waals surface area contributed by atoms with E-state index >= 15 is 0 Å². The Balaban J connectivity index is 1.38. The number of carbonyl (C=O) groups excluding carboxylic acids is 2. The van der Waals surface area contributed by atoms with Crippen molar-refractivity contribution in [3.05, 3.63) is 95.4 Å². The van der Waals surface area contributed by atoms with Crippen LogP contribution in [0.1, 0.15) is 43.4 Å². The molecule has 1 aliphatic carbocycles. The molecule has 1 amide bonds. The van der Waals surface area contributed by atoms with E-state index in [9.17, 15) is 23.9 Å². The molecule has 0 spiro atoms. The van der Waals surface area contributed by atoms with E-state index in [0.717, 1.165) is 32.9 Å². The smallest absolute Gasteiger partial charge is 0.416 e. The fraction of sp³-hybridized carbons (Fsp3) is 0.258. The predicted octanol–water partition coefficient (Wildman–Crippen LogP) is 6.10. The predicted molar refractivity (Wildman–Crippen MR) is 147 cm³/mol. The van der Waals surface area contributed by atoms with Crippen molar-refractivity contribution in [1.82, 2.24) is 9.88 Å². The largest absolute Gasteiger partial charge is 0.464 e. The molecule has 8 nitrogen and oxygen atoms in total. The van der Waals surface area contributed by atoms with E-state index in [-0.39, 0.29) is 24.5 Å². The van der Waals surface area contributed by atoms with Crippen LogP contribution in [0, 0.1) is 5.82 Å². The lowest BCUT2D eigenvalue weighted by Crippen LogP contribution is -2.46. The Hall–Kier alpha value is -4.66. The zero-order valence-corrected chi connectivity index (χ0v) is 22.3. The van der Waals surface area contributed by atoms with Crippen LogP contribution in [0.3, 0.4) is 0 Å². The van der Waals surface area contributed by atoms with Crippen molar-refractivity contribution >= 4 is 29.1 Å². The number of carbonyl (C=O) groups is 3. The Kier molecular flexibility index (Phi) is 7.06. The highest BCUT2D eigenvalue weighted by Crippen LogP contribution is 2.44. The van der Waals surface area contributed by atoms with Crippen LogP contribution in [0.5, 0.6) is 0 Å². The van der Waals surface area contributed by atoms with Crippen LogP contribution in [-0.4, -0.2) is 46.1 Å². The third-order valence-corrected chi connectivity index (χ3v) is 6.82. The topological polar surface area (TPSA) is 107 Å². The molecule has 0 unspecified atom stereocenters. The molecular formula is C31H29FN2O6. The summed E-state index contributed by atoms with van der Waals surface area (Å²) >= 11 is 0. The van der Waals surface area contributed by atoms with Gasteiger partial charge in [-0.05, 0) is 54.7 Å². The van der Waals surface area contributed by atoms with Crippen molar-refractivity contribution in [2.75, 3.05) is 6.61 Å². The van der Waals surface area contributed by atoms with Gasteiger partial charge in [0.1, 0.15) is 24.1 Å². The number of amides is 1. The Morgan fingerprint density at radius 2 is 1.60 bits per heavy atom. The number of rotatable bonds is 6. The highest BCUT2D eigenvalue weighted by atomic mass is 19.1. The average Bonchev–Trinajstić information content (AvgIpc) is 3.43. The number of benzene rings is 3. The number of nitrogens with zero attached hydrogens (tertiary/aromatic N) is 1. The zero-order valence-electron chi connectivity index (χ0n) is 22.3. The summed E-state index contributed by atoms with van der Waals surface area (Å²) in [7, 11) is 0. The van der Waals surface area contributed by atoms with Gasteiger partial charge in [0.05, 0.1) is 5.52 Å². The molecule has 3 aromatic carbocycles. The number of esters is 1. The molecule has 0 fully saturated rings. The van der Waals surface area contributed by atoms with Crippen molar-refractivity contribution < 1.29 is 33.4 Å². The van der Waals surface area contributed by atoms with Crippen LogP contribution in [0.15, 0.2) is 72.9 Å². The Morgan fingerprint density at radius 3 is 2.20 bits per heavy atom. The fourth-order valence-corrected chi connectivity index (χ4v) is 5.19. The molecule has 0 saturated carbocycles. The number of aromatic nitrogens is 1. The van der Waals surface area contributed by atoms with Crippen molar-refractivity contribution in [2.45, 2.75) is 44.8 Å². The number of alkyl carbamates (subject to hydrolysis) is 1. The van der Waals surface area contributed by atoms with Crippen molar-refractivity contribution in [2.24, 2.45) is 0 Å². The summed E-state index contributed by atoms with van der Waals surface area (Å²) in [6.07, 6.45) is -1.10. The molecule has 206 valence electrons. The molecule has 5 rings (SSSR count). The van der Waals surface area contributed by atoms with Gasteiger partial charge in [0.2, 0.25) is 0 Å². The Morgan fingerprint density at radius 1 is 0.975 bits per heavy atom. The summed E-state index contributed by atoms with van der Waals surface area (Å²) in [4.78, 5) is 37.9. The Labute approximate surface area is 230 Å². The second kappa shape index (κ2) is 10.5. The highest BCUT2D eigenvalue weighted by Gasteiger charge is 2.32. The second-order valence-corrected chi connectivity index (χ2v) is 10.7. The molecule has 0 aliphatic heterocycles. The van der Waals surface area contributed by atoms with Gasteiger partial charge in [-0.2, -0.15) is 0 Å². The lowest BCUT2D eigenvalue weighted by atomic mass is 9.98. The minimum absolute atomic E-state index is 0.0461. The molecule has 40 heavy (non-hydrogen) atoms. The monoisotopic (exact) mass is 544 g/mol. The first-order valence-corrected chi connectivity index (χ1v) is 12.9. The second-order valence-electron chi connectivity index (χ2n) is 10.7. The van der Waals surface area contributed by atoms with Gasteiger partial charge < -0.3 is 19.9 Å². The van der Waals surface area contributed by atoms with Crippen LogP contribution in [0.25, 0.3) is 22.0 Å². The van der Waals surface area contributed by atoms with Gasteiger partial charge in [0.25, 0.3) is 0 Å². The molecular weight excluding hydrogens is 515 g/mol. The molecule has 1 atom stereocenters. The lowest BCUT2D eigenvalue weighted by Gasteiger charge is -2.24. The SMILES string of the molecule is CC(C)(C)OC(=O)[C@H](Cc1cn(C(=O)O)c2c(F)cccc12)NC(=O)OCC1c2ccccc2-c2ccccc21. The van der Waals surface area contributed by atoms with E-state index < -0.39 is 35.6 Å². The fourth-order valence-electron chi connectivity index (χ4n) is 5.19. The number of ether oxygens (including phenoxy) is 2. The van der Waals surface area contributed by atoms with Crippen molar-refractivity contribution in [1.29, 1.82) is 0 Å². The number of hydrogen-bond donors (Lipinski definition) is 2. The third kappa shape index (κ3) is 5.27. The molecule has 0 saturated heterocycles. The molecule has 1 heterocycles. The van der Waals surface area contributed by atoms with Crippen molar-refractivity contribution in [3.63, 3.8) is 0 Å². The van der Waals surface area contributed by atoms with E-state index in [1.165, 1.54) is 12.3 Å². The summed E-state index contributed by atoms with van der Waals surface area (Å²) in [5, 5.41) is 12.5. The summed E-state index contributed by atoms with van der Waals surface area (Å²) < 4.78 is 26.5. The molecule has 0 bridgehead atoms. The molecule has 4 aromatic rings. The van der Waals surface area contributed by atoms with Crippen LogP contribution >= 0.6 is 0 Å². The minimum atomic E-state index is -1.38. The number of para-hydroxylation sites is 1. The van der Waals surface area contributed by atoms with E-state index in [1.54, 1.807) is 26.8 Å². The maximum Gasteiger partial charge on any atom is 0.416 e. The zero-order chi connectivity index (χ0) is 28.6. The first-order valence-electron chi connectivity index (χ1n) is 12.9. The minimum Gasteiger partial charge on any atom is -0.464 e. The van der Waals surface area contributed by atoms with Crippen LogP contribution in [0.2, 0.25) is 0 Å². The first kappa shape index (κ1) is 26.9. The normalized spacial score (nSPS) is 13.4. The van der Waals surface area contributed by atoms with Crippen LogP contribution in [0.4, 0.5) is 14.0 Å². The molecule has 1 aliphatic rings. The summed E-state index contributed by atoms with van der Waals surface area (Å²) in [6, 6.07) is 18.8. The highest BCUT2D eigenvalue weighted by molar-refractivity contribution is 5.92. The van der Waals surface area contributed by atoms with Gasteiger partial charge in [0, 0.05) is 23.9 Å². The quantitative estimate of drug-likeness (QED) is 0.284. The molecule has 2 N–H and O–H groups in total. The first-order chi connectivity index (χ1) is 19.0. The van der Waals surface area contributed by atoms with Gasteiger partial charge in [-0.1, -0.05) is 60.7 Å². The van der Waals surface area contributed by atoms with Gasteiger partial charge in [-0.15, -0.1) is 0 Å². The summed E-state index contributed by atoms with van der Waals surface area (Å²) in [6.45, 7) is 5.13. The number of halogens is 1. The van der Waals surface area contributed by atoms with E-state index in [0.29, 0.717) is 10.9 Å². The van der Waals surface area contributed by atoms with Crippen LogP contribution in [-0.2, 0) is 20.7 Å². The number of hydrogen-bond acceptors (Lipinski definition) is 5. The van der Waals surface area contributed by atoms with E-state index in [4.69, 9.17) is 9.47 Å². The van der Waals surface area contributed by atoms with Gasteiger partial charge in [-0.3, -0.25) is 0 Å². The average molecular weight is 545 g/mol. The van der Waals surface area contributed by atoms with Crippen molar-refractivity contribution in [3.8, 4) is 11.1 Å². The number of fused-ring (bicyclic) bond motifs is 4. The molecule has 9 heteroatoms. The maximum absolute atomic E-state index is 14.5. The lowest BCUT2D eigenvalue weighted by molar-refractivity contribution is -0.157. The standard InChI is InChI=1S/C31H29FN2O6/c1-31(2,3)40-28(35)26(15-18-16-34(30(37)38)27-19(18)13-8-14-25(27)32)33-29(36)39-17-24-22-11-6-4-9-20(22)21-10-5-7-12-23(21)24/h4-14,16,24,26H,15,17H2,1-3H3,(H,33,36)(H,37,38)/t26-/m0/s1. The van der Waals surface area contributed by atoms with E-state index in [2.05, 4.69) is 5.32 Å². The molecule has 1 aromatic heterocycles. The third-order valence-electron chi connectivity index (χ3n) is 6.82. The number of nitrogens with one attached hydrogen (secondary N) is 1. The van der Waals surface area contributed by atoms with Gasteiger partial charge >= 0.3 is 18.2 Å². The summed E-state index contributed by atoms with van der Waals surface area (Å²) in [5.74, 6) is -1.62. The maximum atomic E-state index is 14.5. The van der Waals surface area contributed by atoms with Gasteiger partial charge in [-0.25, -0.2) is 23.3 Å². The van der Waals surface area contributed by atoms with Gasteiger partial charge in [0.15, 0.2) is 0 Å². The summed E-state index contributed by atoms with van der Waals surface area (Å²) in [5.41, 5.74) is 3.63. The molecule has 0 radical (unpaired) electrons. The van der Waals surface area contributed by atoms with Crippen LogP contribution < -0.4 is 5.32 Å². The van der Waals surface area contributed by atoms with E-state index in [1.807, 2.05) is 48.5 Å².